The minimum atomic E-state index is -3.95. The Morgan fingerprint density at radius 3 is 2.39 bits per heavy atom. The number of hydrogen-bond donors (Lipinski definition) is 1. The van der Waals surface area contributed by atoms with Crippen molar-refractivity contribution in [2.75, 3.05) is 40.0 Å². The van der Waals surface area contributed by atoms with Crippen molar-refractivity contribution in [3.63, 3.8) is 0 Å². The summed E-state index contributed by atoms with van der Waals surface area (Å²) in [5, 5.41) is 13.9. The van der Waals surface area contributed by atoms with Crippen LogP contribution in [0.3, 0.4) is 0 Å². The van der Waals surface area contributed by atoms with E-state index in [0.29, 0.717) is 19.5 Å². The van der Waals surface area contributed by atoms with E-state index >= 15 is 0 Å². The molecule has 0 aromatic heterocycles. The van der Waals surface area contributed by atoms with Crippen LogP contribution in [0.5, 0.6) is 5.75 Å². The summed E-state index contributed by atoms with van der Waals surface area (Å²) >= 11 is 0. The Balaban J connectivity index is 1.68. The molecule has 1 N–H and O–H groups in total. The molecule has 0 spiro atoms. The minimum Gasteiger partial charge on any atom is -0.490 e. The molecule has 2 fully saturated rings. The van der Waals surface area contributed by atoms with Gasteiger partial charge in [-0.2, -0.15) is 4.31 Å². The van der Waals surface area contributed by atoms with Crippen molar-refractivity contribution >= 4 is 27.6 Å². The van der Waals surface area contributed by atoms with E-state index in [1.54, 1.807) is 6.92 Å². The summed E-state index contributed by atoms with van der Waals surface area (Å²) in [6.45, 7) is 4.41. The van der Waals surface area contributed by atoms with Gasteiger partial charge in [-0.3, -0.25) is 19.8 Å². The van der Waals surface area contributed by atoms with Crippen molar-refractivity contribution in [1.29, 1.82) is 0 Å². The average molecular weight is 455 g/mol. The van der Waals surface area contributed by atoms with Gasteiger partial charge in [0.15, 0.2) is 5.75 Å². The zero-order valence-electron chi connectivity index (χ0n) is 17.5. The topological polar surface area (TPSA) is 142 Å². The fourth-order valence-corrected chi connectivity index (χ4v) is 4.99. The number of nitrogens with zero attached hydrogens (tertiary/aromatic N) is 4. The molecule has 31 heavy (non-hydrogen) atoms. The van der Waals surface area contributed by atoms with Crippen molar-refractivity contribution < 1.29 is 27.7 Å². The lowest BCUT2D eigenvalue weighted by molar-refractivity contribution is -0.386. The number of hydrogen-bond acceptors (Lipinski definition) is 8. The average Bonchev–Trinajstić information content (AvgIpc) is 2.97. The highest BCUT2D eigenvalue weighted by Crippen LogP contribution is 2.31. The molecule has 0 saturated carbocycles. The predicted molar refractivity (Wildman–Crippen MR) is 109 cm³/mol. The van der Waals surface area contributed by atoms with Crippen LogP contribution < -0.4 is 10.1 Å². The number of amides is 3. The van der Waals surface area contributed by atoms with E-state index in [-0.39, 0.29) is 36.3 Å². The summed E-state index contributed by atoms with van der Waals surface area (Å²) in [4.78, 5) is 38.0. The fraction of sp³-hybridized carbons (Fsp3) is 0.556. The number of rotatable bonds is 7. The normalized spacial score (nSPS) is 23.1. The predicted octanol–water partition coefficient (Wildman–Crippen LogP) is 0.588. The molecule has 3 amide bonds. The van der Waals surface area contributed by atoms with Gasteiger partial charge < -0.3 is 10.1 Å². The van der Waals surface area contributed by atoms with Crippen LogP contribution in [0.1, 0.15) is 20.3 Å². The minimum absolute atomic E-state index is 0.0265. The van der Waals surface area contributed by atoms with Crippen LogP contribution in [0.25, 0.3) is 0 Å². The third-order valence-electron chi connectivity index (χ3n) is 5.71. The summed E-state index contributed by atoms with van der Waals surface area (Å²) in [5.74, 6) is -0.331. The van der Waals surface area contributed by atoms with E-state index in [2.05, 4.69) is 5.32 Å². The summed E-state index contributed by atoms with van der Waals surface area (Å²) in [5.41, 5.74) is -1.36. The molecule has 2 aliphatic heterocycles. The van der Waals surface area contributed by atoms with Crippen LogP contribution in [0, 0.1) is 10.1 Å². The first-order chi connectivity index (χ1) is 14.5. The highest BCUT2D eigenvalue weighted by Gasteiger charge is 2.47. The summed E-state index contributed by atoms with van der Waals surface area (Å²) in [6, 6.07) is 3.05. The lowest BCUT2D eigenvalue weighted by Gasteiger charge is -2.35. The number of sulfonamides is 1. The molecule has 1 aromatic rings. The first-order valence-electron chi connectivity index (χ1n) is 9.72. The maximum atomic E-state index is 13.0. The van der Waals surface area contributed by atoms with Crippen LogP contribution in [0.4, 0.5) is 10.5 Å². The second kappa shape index (κ2) is 8.40. The van der Waals surface area contributed by atoms with E-state index in [9.17, 15) is 28.1 Å². The van der Waals surface area contributed by atoms with E-state index in [1.165, 1.54) is 23.5 Å². The molecule has 2 heterocycles. The molecule has 1 atom stereocenters. The number of piperazine rings is 1. The van der Waals surface area contributed by atoms with Gasteiger partial charge in [0.25, 0.3) is 5.91 Å². The molecular weight excluding hydrogens is 430 g/mol. The van der Waals surface area contributed by atoms with Crippen molar-refractivity contribution in [2.24, 2.45) is 0 Å². The molecule has 0 aliphatic carbocycles. The first kappa shape index (κ1) is 22.9. The number of carbonyl (C=O) groups excluding carboxylic acids is 2. The molecule has 13 heteroatoms. The smallest absolute Gasteiger partial charge is 0.326 e. The Morgan fingerprint density at radius 1 is 1.23 bits per heavy atom. The van der Waals surface area contributed by atoms with Gasteiger partial charge in [-0.1, -0.05) is 6.92 Å². The maximum Gasteiger partial charge on any atom is 0.326 e. The second-order valence-corrected chi connectivity index (χ2v) is 9.54. The Morgan fingerprint density at radius 2 is 1.87 bits per heavy atom. The van der Waals surface area contributed by atoms with E-state index < -0.39 is 32.2 Å². The van der Waals surface area contributed by atoms with Crippen LogP contribution in [0.2, 0.25) is 0 Å². The third-order valence-corrected chi connectivity index (χ3v) is 7.60. The number of nitro groups is 1. The SMILES string of the molecule is CCC1(C)NC(=O)N(CN2CCN(S(=O)(=O)c3ccc(OC)c([N+](=O)[O-])c3)CC2)C1=O. The second-order valence-electron chi connectivity index (χ2n) is 7.60. The van der Waals surface area contributed by atoms with E-state index in [0.717, 1.165) is 11.0 Å². The van der Waals surface area contributed by atoms with Gasteiger partial charge in [-0.15, -0.1) is 0 Å². The summed E-state index contributed by atoms with van der Waals surface area (Å²) in [7, 11) is -2.68. The van der Waals surface area contributed by atoms with Gasteiger partial charge in [0, 0.05) is 32.2 Å². The first-order valence-corrected chi connectivity index (χ1v) is 11.2. The maximum absolute atomic E-state index is 13.0. The van der Waals surface area contributed by atoms with Crippen LogP contribution in [0.15, 0.2) is 23.1 Å². The molecule has 12 nitrogen and oxygen atoms in total. The van der Waals surface area contributed by atoms with Gasteiger partial charge in [-0.25, -0.2) is 18.1 Å². The fourth-order valence-electron chi connectivity index (χ4n) is 3.55. The Labute approximate surface area is 179 Å². The number of imide groups is 1. The summed E-state index contributed by atoms with van der Waals surface area (Å²) < 4.78 is 32.1. The van der Waals surface area contributed by atoms with Gasteiger partial charge in [0.1, 0.15) is 5.54 Å². The zero-order valence-corrected chi connectivity index (χ0v) is 18.3. The number of methoxy groups -OCH3 is 1. The molecule has 0 bridgehead atoms. The monoisotopic (exact) mass is 455 g/mol. The Bertz CT molecular complexity index is 1010. The van der Waals surface area contributed by atoms with Gasteiger partial charge in [0.05, 0.1) is 23.6 Å². The number of carbonyl (C=O) groups is 2. The Kier molecular flexibility index (Phi) is 6.21. The quantitative estimate of drug-likeness (QED) is 0.358. The highest BCUT2D eigenvalue weighted by molar-refractivity contribution is 7.89. The lowest BCUT2D eigenvalue weighted by Crippen LogP contribution is -2.52. The van der Waals surface area contributed by atoms with Crippen molar-refractivity contribution in [3.8, 4) is 5.75 Å². The third kappa shape index (κ3) is 4.20. The van der Waals surface area contributed by atoms with Gasteiger partial charge in [-0.05, 0) is 25.5 Å². The number of ether oxygens (including phenoxy) is 1. The number of urea groups is 1. The summed E-state index contributed by atoms with van der Waals surface area (Å²) in [6.07, 6.45) is 0.466. The Hall–Kier alpha value is -2.77. The van der Waals surface area contributed by atoms with Gasteiger partial charge >= 0.3 is 11.7 Å². The molecule has 2 saturated heterocycles. The molecular formula is C18H25N5O7S. The molecule has 1 unspecified atom stereocenters. The number of nitro benzene ring substituents is 1. The van der Waals surface area contributed by atoms with Crippen LogP contribution >= 0.6 is 0 Å². The van der Waals surface area contributed by atoms with Crippen molar-refractivity contribution in [3.05, 3.63) is 28.3 Å². The molecule has 170 valence electrons. The molecule has 0 radical (unpaired) electrons. The van der Waals surface area contributed by atoms with E-state index in [1.807, 2.05) is 11.8 Å². The molecule has 3 rings (SSSR count). The highest BCUT2D eigenvalue weighted by atomic mass is 32.2. The zero-order chi connectivity index (χ0) is 23.0. The van der Waals surface area contributed by atoms with E-state index in [4.69, 9.17) is 4.74 Å². The largest absolute Gasteiger partial charge is 0.490 e. The lowest BCUT2D eigenvalue weighted by atomic mass is 10.00. The van der Waals surface area contributed by atoms with Crippen LogP contribution in [-0.4, -0.2) is 84.9 Å². The molecule has 2 aliphatic rings. The van der Waals surface area contributed by atoms with Crippen molar-refractivity contribution in [1.82, 2.24) is 19.4 Å². The molecule has 1 aromatic carbocycles. The number of benzene rings is 1. The van der Waals surface area contributed by atoms with Crippen molar-refractivity contribution in [2.45, 2.75) is 30.7 Å². The number of nitrogens with one attached hydrogen (secondary N) is 1. The van der Waals surface area contributed by atoms with Gasteiger partial charge in [0.2, 0.25) is 10.0 Å². The standard InChI is InChI=1S/C18H25N5O7S/c1-4-18(2)16(24)22(17(25)19-18)12-20-7-9-21(10-8-20)31(28,29)13-5-6-15(30-3)14(11-13)23(26)27/h5-6,11H,4,7-10,12H2,1-3H3,(H,19,25). The van der Waals surface area contributed by atoms with Crippen LogP contribution in [-0.2, 0) is 14.8 Å².